The van der Waals surface area contributed by atoms with Crippen molar-refractivity contribution in [2.75, 3.05) is 7.11 Å². The van der Waals surface area contributed by atoms with Gasteiger partial charge in [-0.1, -0.05) is 17.7 Å². The van der Waals surface area contributed by atoms with E-state index in [0.717, 1.165) is 46.0 Å². The molecule has 0 radical (unpaired) electrons. The minimum absolute atomic E-state index is 0.368. The van der Waals surface area contributed by atoms with E-state index in [1.807, 2.05) is 24.5 Å². The van der Waals surface area contributed by atoms with Crippen LogP contribution in [0.15, 0.2) is 49.1 Å². The number of ether oxygens (including phenoxy) is 1. The molecule has 4 heterocycles. The van der Waals surface area contributed by atoms with Gasteiger partial charge in [-0.15, -0.1) is 0 Å². The Kier molecular flexibility index (Phi) is 5.21. The summed E-state index contributed by atoms with van der Waals surface area (Å²) >= 11 is 6.06. The van der Waals surface area contributed by atoms with E-state index in [0.29, 0.717) is 23.7 Å². The highest BCUT2D eigenvalue weighted by Gasteiger charge is 2.09. The first-order valence-electron chi connectivity index (χ1n) is 8.86. The maximum absolute atomic E-state index is 13.4. The van der Waals surface area contributed by atoms with E-state index in [1.54, 1.807) is 6.20 Å². The van der Waals surface area contributed by atoms with Crippen molar-refractivity contribution in [3.05, 3.63) is 82.3 Å². The van der Waals surface area contributed by atoms with Crippen LogP contribution in [-0.4, -0.2) is 27.0 Å². The molecule has 0 saturated heterocycles. The molecule has 1 N–H and O–H groups in total. The van der Waals surface area contributed by atoms with Crippen LogP contribution in [0, 0.1) is 5.82 Å². The largest absolute Gasteiger partial charge is 0.481 e. The molecule has 0 aliphatic heterocycles. The van der Waals surface area contributed by atoms with E-state index in [9.17, 15) is 4.39 Å². The number of nitrogens with one attached hydrogen (secondary N) is 1. The van der Waals surface area contributed by atoms with Crippen LogP contribution < -0.4 is 4.74 Å². The number of H-pyrrole nitrogens is 1. The number of methoxy groups -OCH3 is 1. The molecule has 5 nitrogen and oxygen atoms in total. The van der Waals surface area contributed by atoms with Crippen LogP contribution in [0.5, 0.6) is 5.88 Å². The van der Waals surface area contributed by atoms with E-state index in [1.165, 1.54) is 13.2 Å². The van der Waals surface area contributed by atoms with Crippen LogP contribution in [-0.2, 0) is 19.3 Å². The summed E-state index contributed by atoms with van der Waals surface area (Å²) in [5.74, 6) is 0.0806. The predicted molar refractivity (Wildman–Crippen MR) is 106 cm³/mol. The molecule has 4 aromatic heterocycles. The number of fused-ring (bicyclic) bond motifs is 1. The summed E-state index contributed by atoms with van der Waals surface area (Å²) in [4.78, 5) is 16.0. The molecular formula is C21H18ClFN4O. The summed E-state index contributed by atoms with van der Waals surface area (Å²) in [7, 11) is 1.53. The lowest BCUT2D eigenvalue weighted by atomic mass is 10.1. The monoisotopic (exact) mass is 396 g/mol. The van der Waals surface area contributed by atoms with Gasteiger partial charge in [-0.3, -0.25) is 4.98 Å². The topological polar surface area (TPSA) is 63.7 Å². The first kappa shape index (κ1) is 18.4. The average Bonchev–Trinajstić information content (AvgIpc) is 3.09. The molecule has 0 aromatic carbocycles. The van der Waals surface area contributed by atoms with Gasteiger partial charge < -0.3 is 9.72 Å². The Balaban J connectivity index is 1.45. The second-order valence-electron chi connectivity index (χ2n) is 6.52. The molecule has 0 aliphatic rings. The highest BCUT2D eigenvalue weighted by Crippen LogP contribution is 2.23. The van der Waals surface area contributed by atoms with Crippen LogP contribution in [0.3, 0.4) is 0 Å². The normalized spacial score (nSPS) is 11.1. The van der Waals surface area contributed by atoms with E-state index in [2.05, 4.69) is 26.0 Å². The highest BCUT2D eigenvalue weighted by atomic mass is 35.5. The van der Waals surface area contributed by atoms with Gasteiger partial charge in [-0.25, -0.2) is 14.4 Å². The molecule has 0 aliphatic carbocycles. The van der Waals surface area contributed by atoms with E-state index in [4.69, 9.17) is 16.3 Å². The number of halogens is 2. The lowest BCUT2D eigenvalue weighted by Crippen LogP contribution is -2.00. The standard InChI is InChI=1S/C21H18ClFN4O/c1-28-21-14(7-17(23)12-27-21)3-5-18-4-2-13(9-24-18)6-15-10-25-20-19(15)8-16(22)11-26-20/h2,4,7-12H,3,5-6H2,1H3,(H,25,26). The van der Waals surface area contributed by atoms with Crippen LogP contribution in [0.1, 0.15) is 22.4 Å². The second-order valence-corrected chi connectivity index (χ2v) is 6.96. The Morgan fingerprint density at radius 1 is 1.04 bits per heavy atom. The first-order chi connectivity index (χ1) is 13.6. The molecule has 4 rings (SSSR count). The van der Waals surface area contributed by atoms with Gasteiger partial charge in [0.15, 0.2) is 0 Å². The molecule has 4 aromatic rings. The van der Waals surface area contributed by atoms with Gasteiger partial charge >= 0.3 is 0 Å². The summed E-state index contributed by atoms with van der Waals surface area (Å²) in [6.45, 7) is 0. The number of hydrogen-bond acceptors (Lipinski definition) is 4. The number of pyridine rings is 3. The Morgan fingerprint density at radius 2 is 1.93 bits per heavy atom. The molecule has 7 heteroatoms. The fourth-order valence-corrected chi connectivity index (χ4v) is 3.36. The van der Waals surface area contributed by atoms with Gasteiger partial charge in [0.1, 0.15) is 11.5 Å². The maximum Gasteiger partial charge on any atom is 0.216 e. The zero-order valence-corrected chi connectivity index (χ0v) is 16.0. The van der Waals surface area contributed by atoms with Gasteiger partial charge in [0.05, 0.1) is 18.3 Å². The molecular weight excluding hydrogens is 379 g/mol. The molecule has 0 spiro atoms. The lowest BCUT2D eigenvalue weighted by Gasteiger charge is -2.07. The number of rotatable bonds is 6. The Bertz CT molecular complexity index is 1110. The zero-order valence-electron chi connectivity index (χ0n) is 15.2. The van der Waals surface area contributed by atoms with Crippen LogP contribution in [0.4, 0.5) is 4.39 Å². The van der Waals surface area contributed by atoms with Gasteiger partial charge in [0, 0.05) is 41.7 Å². The zero-order chi connectivity index (χ0) is 19.5. The van der Waals surface area contributed by atoms with Gasteiger partial charge in [0.2, 0.25) is 5.88 Å². The van der Waals surface area contributed by atoms with Crippen molar-refractivity contribution in [1.82, 2.24) is 19.9 Å². The highest BCUT2D eigenvalue weighted by molar-refractivity contribution is 6.31. The minimum atomic E-state index is -0.368. The Hall–Kier alpha value is -2.99. The predicted octanol–water partition coefficient (Wildman–Crippen LogP) is 4.53. The third kappa shape index (κ3) is 3.97. The summed E-state index contributed by atoms with van der Waals surface area (Å²) in [5, 5.41) is 1.63. The minimum Gasteiger partial charge on any atom is -0.481 e. The molecule has 0 saturated carbocycles. The molecule has 28 heavy (non-hydrogen) atoms. The number of hydrogen-bond donors (Lipinski definition) is 1. The van der Waals surface area contributed by atoms with E-state index < -0.39 is 0 Å². The van der Waals surface area contributed by atoms with E-state index >= 15 is 0 Å². The number of nitrogens with zero attached hydrogens (tertiary/aromatic N) is 3. The molecule has 142 valence electrons. The Labute approximate surface area is 166 Å². The van der Waals surface area contributed by atoms with Crippen LogP contribution in [0.2, 0.25) is 5.02 Å². The van der Waals surface area contributed by atoms with Crippen LogP contribution in [0.25, 0.3) is 11.0 Å². The van der Waals surface area contributed by atoms with Crippen LogP contribution >= 0.6 is 11.6 Å². The van der Waals surface area contributed by atoms with E-state index in [-0.39, 0.29) is 5.82 Å². The fourth-order valence-electron chi connectivity index (χ4n) is 3.20. The lowest BCUT2D eigenvalue weighted by molar-refractivity contribution is 0.390. The number of aromatic nitrogens is 4. The summed E-state index contributed by atoms with van der Waals surface area (Å²) in [6, 6.07) is 7.42. The van der Waals surface area contributed by atoms with Crippen molar-refractivity contribution in [3.63, 3.8) is 0 Å². The SMILES string of the molecule is COc1ncc(F)cc1CCc1ccc(Cc2c[nH]c3ncc(Cl)cc23)cn1. The van der Waals surface area contributed by atoms with Gasteiger partial charge in [-0.2, -0.15) is 0 Å². The smallest absolute Gasteiger partial charge is 0.216 e. The van der Waals surface area contributed by atoms with Crippen molar-refractivity contribution < 1.29 is 9.13 Å². The fraction of sp³-hybridized carbons (Fsp3) is 0.190. The third-order valence-electron chi connectivity index (χ3n) is 4.60. The summed E-state index contributed by atoms with van der Waals surface area (Å²) < 4.78 is 18.6. The van der Waals surface area contributed by atoms with Crippen molar-refractivity contribution in [2.24, 2.45) is 0 Å². The Morgan fingerprint density at radius 3 is 2.71 bits per heavy atom. The van der Waals surface area contributed by atoms with Gasteiger partial charge in [-0.05, 0) is 42.2 Å². The van der Waals surface area contributed by atoms with Gasteiger partial charge in [0.25, 0.3) is 0 Å². The molecule has 0 fully saturated rings. The summed E-state index contributed by atoms with van der Waals surface area (Å²) in [6.07, 6.45) is 8.61. The summed E-state index contributed by atoms with van der Waals surface area (Å²) in [5.41, 5.74) is 4.70. The molecule has 0 bridgehead atoms. The second kappa shape index (κ2) is 7.94. The molecule has 0 amide bonds. The maximum atomic E-state index is 13.4. The number of aromatic amines is 1. The first-order valence-corrected chi connectivity index (χ1v) is 9.24. The molecule has 0 unspecified atom stereocenters. The van der Waals surface area contributed by atoms with Crippen molar-refractivity contribution in [3.8, 4) is 5.88 Å². The quantitative estimate of drug-likeness (QED) is 0.520. The van der Waals surface area contributed by atoms with Crippen molar-refractivity contribution in [2.45, 2.75) is 19.3 Å². The third-order valence-corrected chi connectivity index (χ3v) is 4.81. The number of aryl methyl sites for hydroxylation is 2. The molecule has 0 atom stereocenters. The van der Waals surface area contributed by atoms with Crippen molar-refractivity contribution >= 4 is 22.6 Å². The van der Waals surface area contributed by atoms with Crippen molar-refractivity contribution in [1.29, 1.82) is 0 Å². The average molecular weight is 397 g/mol.